The third-order valence-electron chi connectivity index (χ3n) is 3.37. The topological polar surface area (TPSA) is 57.6 Å². The molecule has 100 valence electrons. The molecule has 0 heterocycles. The van der Waals surface area contributed by atoms with Crippen LogP contribution in [-0.2, 0) is 9.59 Å². The summed E-state index contributed by atoms with van der Waals surface area (Å²) >= 11 is 0. The molecule has 4 nitrogen and oxygen atoms in total. The maximum absolute atomic E-state index is 12.1. The Bertz CT molecular complexity index is 249. The van der Waals surface area contributed by atoms with Gasteiger partial charge in [-0.3, -0.25) is 9.59 Å². The Hall–Kier alpha value is -1.06. The standard InChI is InChI=1S/C13H25NO3/c1-5-10(4)14(9-13(16)17)12(15)8-11(6-2)7-3/h10-11H,5-9H2,1-4H3,(H,16,17). The molecule has 0 aliphatic rings. The maximum Gasteiger partial charge on any atom is 0.323 e. The van der Waals surface area contributed by atoms with Crippen molar-refractivity contribution in [2.45, 2.75) is 59.4 Å². The second-order valence-electron chi connectivity index (χ2n) is 4.56. The van der Waals surface area contributed by atoms with E-state index in [1.54, 1.807) is 0 Å². The fraction of sp³-hybridized carbons (Fsp3) is 0.846. The van der Waals surface area contributed by atoms with E-state index in [1.165, 1.54) is 4.90 Å². The van der Waals surface area contributed by atoms with E-state index < -0.39 is 5.97 Å². The van der Waals surface area contributed by atoms with Crippen LogP contribution < -0.4 is 0 Å². The number of carboxylic acids is 1. The number of carboxylic acid groups (broad SMARTS) is 1. The third kappa shape index (κ3) is 5.71. The fourth-order valence-electron chi connectivity index (χ4n) is 1.80. The van der Waals surface area contributed by atoms with E-state index in [0.717, 1.165) is 19.3 Å². The van der Waals surface area contributed by atoms with E-state index in [2.05, 4.69) is 13.8 Å². The van der Waals surface area contributed by atoms with E-state index in [0.29, 0.717) is 12.3 Å². The van der Waals surface area contributed by atoms with Crippen molar-refractivity contribution in [2.75, 3.05) is 6.54 Å². The molecule has 0 aromatic rings. The summed E-state index contributed by atoms with van der Waals surface area (Å²) in [6.07, 6.45) is 3.17. The summed E-state index contributed by atoms with van der Waals surface area (Å²) in [6, 6.07) is -0.00652. The molecule has 0 aliphatic heterocycles. The Balaban J connectivity index is 4.56. The minimum absolute atomic E-state index is 0.00652. The van der Waals surface area contributed by atoms with E-state index in [4.69, 9.17) is 5.11 Å². The van der Waals surface area contributed by atoms with Crippen LogP contribution in [0.5, 0.6) is 0 Å². The Morgan fingerprint density at radius 3 is 2.00 bits per heavy atom. The zero-order valence-corrected chi connectivity index (χ0v) is 11.4. The Morgan fingerprint density at radius 2 is 1.65 bits per heavy atom. The van der Waals surface area contributed by atoms with Crippen molar-refractivity contribution in [3.8, 4) is 0 Å². The van der Waals surface area contributed by atoms with E-state index in [9.17, 15) is 9.59 Å². The van der Waals surface area contributed by atoms with E-state index in [1.807, 2.05) is 13.8 Å². The molecule has 0 fully saturated rings. The van der Waals surface area contributed by atoms with Crippen molar-refractivity contribution >= 4 is 11.9 Å². The summed E-state index contributed by atoms with van der Waals surface area (Å²) in [7, 11) is 0. The lowest BCUT2D eigenvalue weighted by molar-refractivity contribution is -0.146. The summed E-state index contributed by atoms with van der Waals surface area (Å²) in [4.78, 5) is 24.3. The summed E-state index contributed by atoms with van der Waals surface area (Å²) in [6.45, 7) is 7.80. The van der Waals surface area contributed by atoms with Crippen LogP contribution in [0, 0.1) is 5.92 Å². The molecule has 0 saturated carbocycles. The molecule has 1 amide bonds. The largest absolute Gasteiger partial charge is 0.480 e. The zero-order valence-electron chi connectivity index (χ0n) is 11.4. The first-order valence-electron chi connectivity index (χ1n) is 6.47. The van der Waals surface area contributed by atoms with Gasteiger partial charge in [-0.15, -0.1) is 0 Å². The predicted octanol–water partition coefficient (Wildman–Crippen LogP) is 2.52. The molecular weight excluding hydrogens is 218 g/mol. The Kier molecular flexibility index (Phi) is 7.59. The summed E-state index contributed by atoms with van der Waals surface area (Å²) in [5, 5.41) is 8.83. The van der Waals surface area contributed by atoms with Crippen molar-refractivity contribution in [2.24, 2.45) is 5.92 Å². The monoisotopic (exact) mass is 243 g/mol. The normalized spacial score (nSPS) is 12.5. The minimum Gasteiger partial charge on any atom is -0.480 e. The second kappa shape index (κ2) is 8.09. The van der Waals surface area contributed by atoms with Gasteiger partial charge >= 0.3 is 5.97 Å². The number of aliphatic carboxylic acids is 1. The summed E-state index contributed by atoms with van der Waals surface area (Å²) in [5.41, 5.74) is 0. The van der Waals surface area contributed by atoms with Crippen molar-refractivity contribution in [3.05, 3.63) is 0 Å². The quantitative estimate of drug-likeness (QED) is 0.712. The van der Waals surface area contributed by atoms with Crippen LogP contribution in [0.3, 0.4) is 0 Å². The first-order chi connectivity index (χ1) is 7.96. The molecule has 0 saturated heterocycles. The molecule has 1 atom stereocenters. The van der Waals surface area contributed by atoms with Gasteiger partial charge in [-0.25, -0.2) is 0 Å². The maximum atomic E-state index is 12.1. The lowest BCUT2D eigenvalue weighted by Gasteiger charge is -2.28. The zero-order chi connectivity index (χ0) is 13.4. The van der Waals surface area contributed by atoms with Crippen molar-refractivity contribution in [3.63, 3.8) is 0 Å². The number of hydrogen-bond acceptors (Lipinski definition) is 2. The van der Waals surface area contributed by atoms with E-state index >= 15 is 0 Å². The molecule has 0 aliphatic carbocycles. The molecule has 17 heavy (non-hydrogen) atoms. The average molecular weight is 243 g/mol. The average Bonchev–Trinajstić information content (AvgIpc) is 2.31. The van der Waals surface area contributed by atoms with Crippen LogP contribution in [0.2, 0.25) is 0 Å². The smallest absolute Gasteiger partial charge is 0.323 e. The summed E-state index contributed by atoms with van der Waals surface area (Å²) in [5.74, 6) is -0.610. The van der Waals surface area contributed by atoms with Crippen LogP contribution >= 0.6 is 0 Å². The molecule has 4 heteroatoms. The first-order valence-corrected chi connectivity index (χ1v) is 6.47. The highest BCUT2D eigenvalue weighted by atomic mass is 16.4. The van der Waals surface area contributed by atoms with Crippen LogP contribution in [-0.4, -0.2) is 34.5 Å². The lowest BCUT2D eigenvalue weighted by Crippen LogP contribution is -2.42. The number of carbonyl (C=O) groups is 2. The van der Waals surface area contributed by atoms with Crippen molar-refractivity contribution in [1.29, 1.82) is 0 Å². The van der Waals surface area contributed by atoms with Gasteiger partial charge < -0.3 is 10.0 Å². The predicted molar refractivity (Wildman–Crippen MR) is 67.8 cm³/mol. The van der Waals surface area contributed by atoms with Crippen molar-refractivity contribution in [1.82, 2.24) is 4.90 Å². The van der Waals surface area contributed by atoms with Gasteiger partial charge in [-0.1, -0.05) is 33.6 Å². The number of hydrogen-bond donors (Lipinski definition) is 1. The SMILES string of the molecule is CCC(CC)CC(=O)N(CC(=O)O)C(C)CC. The van der Waals surface area contributed by atoms with Gasteiger partial charge in [0.15, 0.2) is 0 Å². The second-order valence-corrected chi connectivity index (χ2v) is 4.56. The number of nitrogens with zero attached hydrogens (tertiary/aromatic N) is 1. The molecular formula is C13H25NO3. The Labute approximate surface area is 104 Å². The van der Waals surface area contributed by atoms with Crippen LogP contribution in [0.25, 0.3) is 0 Å². The Morgan fingerprint density at radius 1 is 1.12 bits per heavy atom. The number of amides is 1. The highest BCUT2D eigenvalue weighted by Crippen LogP contribution is 2.16. The van der Waals surface area contributed by atoms with Gasteiger partial charge in [0.1, 0.15) is 6.54 Å². The highest BCUT2D eigenvalue weighted by Gasteiger charge is 2.23. The molecule has 0 spiro atoms. The van der Waals surface area contributed by atoms with Gasteiger partial charge in [0.2, 0.25) is 5.91 Å². The lowest BCUT2D eigenvalue weighted by atomic mass is 9.98. The van der Waals surface area contributed by atoms with Crippen LogP contribution in [0.4, 0.5) is 0 Å². The molecule has 0 radical (unpaired) electrons. The number of carbonyl (C=O) groups excluding carboxylic acids is 1. The molecule has 0 aromatic heterocycles. The van der Waals surface area contributed by atoms with Gasteiger partial charge in [-0.05, 0) is 19.3 Å². The third-order valence-corrected chi connectivity index (χ3v) is 3.37. The first kappa shape index (κ1) is 15.9. The highest BCUT2D eigenvalue weighted by molar-refractivity contribution is 5.81. The van der Waals surface area contributed by atoms with Crippen LogP contribution in [0.15, 0.2) is 0 Å². The van der Waals surface area contributed by atoms with Gasteiger partial charge in [0.25, 0.3) is 0 Å². The van der Waals surface area contributed by atoms with Crippen LogP contribution in [0.1, 0.15) is 53.4 Å². The van der Waals surface area contributed by atoms with Gasteiger partial charge in [-0.2, -0.15) is 0 Å². The molecule has 0 rings (SSSR count). The van der Waals surface area contributed by atoms with E-state index in [-0.39, 0.29) is 18.5 Å². The fourth-order valence-corrected chi connectivity index (χ4v) is 1.80. The number of rotatable bonds is 8. The van der Waals surface area contributed by atoms with Gasteiger partial charge in [0.05, 0.1) is 0 Å². The molecule has 0 aromatic carbocycles. The molecule has 0 bridgehead atoms. The summed E-state index contributed by atoms with van der Waals surface area (Å²) < 4.78 is 0. The molecule has 1 N–H and O–H groups in total. The molecule has 1 unspecified atom stereocenters. The van der Waals surface area contributed by atoms with Gasteiger partial charge in [0, 0.05) is 12.5 Å². The minimum atomic E-state index is -0.941. The van der Waals surface area contributed by atoms with Crippen molar-refractivity contribution < 1.29 is 14.7 Å².